The highest BCUT2D eigenvalue weighted by atomic mass is 35.5. The molecule has 0 radical (unpaired) electrons. The fraction of sp³-hybridized carbons (Fsp3) is 0.346. The van der Waals surface area contributed by atoms with Gasteiger partial charge in [-0.2, -0.15) is 0 Å². The van der Waals surface area contributed by atoms with Crippen LogP contribution in [0.4, 0.5) is 10.5 Å². The minimum Gasteiger partial charge on any atom is -0.339 e. The quantitative estimate of drug-likeness (QED) is 0.451. The number of amides is 4. The van der Waals surface area contributed by atoms with Crippen molar-refractivity contribution in [3.8, 4) is 0 Å². The molecule has 2 aliphatic rings. The predicted octanol–water partition coefficient (Wildman–Crippen LogP) is 6.10. The van der Waals surface area contributed by atoms with Crippen molar-refractivity contribution >= 4 is 58.5 Å². The molecule has 6 nitrogen and oxygen atoms in total. The summed E-state index contributed by atoms with van der Waals surface area (Å²) in [7, 11) is 0. The van der Waals surface area contributed by atoms with Crippen LogP contribution in [0.5, 0.6) is 0 Å². The number of rotatable bonds is 6. The number of hydrogen-bond donors (Lipinski definition) is 0. The molecule has 9 heteroatoms. The monoisotopic (exact) mass is 531 g/mol. The molecule has 2 atom stereocenters. The number of aryl methyl sites for hydroxylation is 1. The molecule has 2 aromatic rings. The van der Waals surface area contributed by atoms with Gasteiger partial charge in [0.25, 0.3) is 5.91 Å². The Balaban J connectivity index is 1.78. The van der Waals surface area contributed by atoms with E-state index in [1.807, 2.05) is 52.0 Å². The average molecular weight is 532 g/mol. The van der Waals surface area contributed by atoms with Gasteiger partial charge in [0.1, 0.15) is 5.37 Å². The molecule has 0 aliphatic carbocycles. The summed E-state index contributed by atoms with van der Waals surface area (Å²) < 4.78 is 0. The molecular formula is C26H27Cl2N3O3S. The lowest BCUT2D eigenvalue weighted by atomic mass is 9.94. The van der Waals surface area contributed by atoms with Gasteiger partial charge in [0.15, 0.2) is 0 Å². The van der Waals surface area contributed by atoms with Gasteiger partial charge >= 0.3 is 6.03 Å². The Morgan fingerprint density at radius 2 is 1.66 bits per heavy atom. The molecule has 0 saturated carbocycles. The Hall–Kier alpha value is -2.48. The molecule has 2 unspecified atom stereocenters. The van der Waals surface area contributed by atoms with E-state index in [9.17, 15) is 14.4 Å². The van der Waals surface area contributed by atoms with Crippen LogP contribution in [-0.2, 0) is 16.1 Å². The van der Waals surface area contributed by atoms with Crippen LogP contribution in [0.1, 0.15) is 31.9 Å². The normalized spacial score (nSPS) is 19.9. The lowest BCUT2D eigenvalue weighted by Gasteiger charge is -2.42. The first kappa shape index (κ1) is 25.6. The van der Waals surface area contributed by atoms with E-state index >= 15 is 0 Å². The summed E-state index contributed by atoms with van der Waals surface area (Å²) in [5, 5.41) is 0.0774. The van der Waals surface area contributed by atoms with Gasteiger partial charge in [-0.1, -0.05) is 64.8 Å². The van der Waals surface area contributed by atoms with Crippen LogP contribution < -0.4 is 4.90 Å². The van der Waals surface area contributed by atoms with Crippen molar-refractivity contribution in [1.82, 2.24) is 9.80 Å². The Labute approximate surface area is 219 Å². The lowest BCUT2D eigenvalue weighted by Crippen LogP contribution is -2.60. The Bertz CT molecular complexity index is 1210. The second-order valence-electron chi connectivity index (χ2n) is 8.64. The van der Waals surface area contributed by atoms with Gasteiger partial charge in [-0.15, -0.1) is 0 Å². The summed E-state index contributed by atoms with van der Waals surface area (Å²) in [5.41, 5.74) is 3.09. The topological polar surface area (TPSA) is 60.9 Å². The van der Waals surface area contributed by atoms with Crippen LogP contribution in [0.2, 0.25) is 10.0 Å². The molecule has 184 valence electrons. The highest BCUT2D eigenvalue weighted by molar-refractivity contribution is 8.04. The second-order valence-corrected chi connectivity index (χ2v) is 10.6. The molecule has 0 N–H and O–H groups in total. The minimum atomic E-state index is -0.646. The van der Waals surface area contributed by atoms with Gasteiger partial charge in [0.05, 0.1) is 26.6 Å². The van der Waals surface area contributed by atoms with Crippen LogP contribution in [-0.4, -0.2) is 46.1 Å². The third-order valence-electron chi connectivity index (χ3n) is 6.46. The van der Waals surface area contributed by atoms with E-state index < -0.39 is 17.3 Å². The second kappa shape index (κ2) is 10.2. The lowest BCUT2D eigenvalue weighted by molar-refractivity contribution is -0.126. The zero-order chi connectivity index (χ0) is 25.4. The van der Waals surface area contributed by atoms with E-state index in [4.69, 9.17) is 23.2 Å². The van der Waals surface area contributed by atoms with E-state index in [1.165, 1.54) is 17.8 Å². The molecule has 4 amide bonds. The smallest absolute Gasteiger partial charge is 0.332 e. The first-order valence-corrected chi connectivity index (χ1v) is 13.1. The molecule has 0 aromatic heterocycles. The van der Waals surface area contributed by atoms with Crippen molar-refractivity contribution in [2.45, 2.75) is 39.6 Å². The number of fused-ring (bicyclic) bond motifs is 1. The summed E-state index contributed by atoms with van der Waals surface area (Å²) in [4.78, 5) is 46.0. The predicted molar refractivity (Wildman–Crippen MR) is 142 cm³/mol. The van der Waals surface area contributed by atoms with E-state index in [2.05, 4.69) is 0 Å². The third kappa shape index (κ3) is 4.69. The Morgan fingerprint density at radius 3 is 2.26 bits per heavy atom. The molecule has 2 aliphatic heterocycles. The van der Waals surface area contributed by atoms with Crippen molar-refractivity contribution in [2.75, 3.05) is 18.0 Å². The SMILES string of the molecule is CCN(CC)C(=O)C1=C(C)C2C(=O)N(c3ccc(Cl)c(Cl)c3)C(=O)N(Cc3ccc(C)cc3)C2S1. The number of carbonyl (C=O) groups is 3. The van der Waals surface area contributed by atoms with Crippen molar-refractivity contribution < 1.29 is 14.4 Å². The maximum absolute atomic E-state index is 13.8. The van der Waals surface area contributed by atoms with Crippen molar-refractivity contribution in [1.29, 1.82) is 0 Å². The molecular weight excluding hydrogens is 505 g/mol. The van der Waals surface area contributed by atoms with E-state index in [1.54, 1.807) is 21.9 Å². The fourth-order valence-electron chi connectivity index (χ4n) is 4.44. The number of imide groups is 1. The van der Waals surface area contributed by atoms with Gasteiger partial charge in [-0.05, 0) is 57.0 Å². The van der Waals surface area contributed by atoms with Crippen LogP contribution in [0.25, 0.3) is 0 Å². The first-order chi connectivity index (χ1) is 16.7. The standard InChI is InChI=1S/C26H27Cl2N3O3S/c1-5-29(6-2)24(33)22-16(4)21-23(32)31(18-11-12-19(27)20(28)13-18)26(34)30(25(21)35-22)14-17-9-7-15(3)8-10-17/h7-13,21,25H,5-6,14H2,1-4H3. The van der Waals surface area contributed by atoms with E-state index in [-0.39, 0.29) is 16.8 Å². The van der Waals surface area contributed by atoms with Gasteiger partial charge in [0, 0.05) is 19.6 Å². The summed E-state index contributed by atoms with van der Waals surface area (Å²) in [6, 6.07) is 12.2. The van der Waals surface area contributed by atoms with Crippen LogP contribution in [0, 0.1) is 12.8 Å². The van der Waals surface area contributed by atoms with Crippen LogP contribution in [0.15, 0.2) is 52.9 Å². The largest absolute Gasteiger partial charge is 0.339 e. The number of thioether (sulfide) groups is 1. The van der Waals surface area contributed by atoms with Gasteiger partial charge in [-0.25, -0.2) is 9.69 Å². The maximum atomic E-state index is 13.8. The fourth-order valence-corrected chi connectivity index (χ4v) is 6.27. The molecule has 1 saturated heterocycles. The molecule has 0 bridgehead atoms. The number of likely N-dealkylation sites (N-methyl/N-ethyl adjacent to an activating group) is 1. The number of anilines is 1. The highest BCUT2D eigenvalue weighted by Gasteiger charge is 2.53. The van der Waals surface area contributed by atoms with Gasteiger partial charge < -0.3 is 9.80 Å². The molecule has 35 heavy (non-hydrogen) atoms. The number of urea groups is 1. The molecule has 4 rings (SSSR count). The Morgan fingerprint density at radius 1 is 1.00 bits per heavy atom. The number of hydrogen-bond acceptors (Lipinski definition) is 4. The number of carbonyl (C=O) groups excluding carboxylic acids is 3. The van der Waals surface area contributed by atoms with Gasteiger partial charge in [-0.3, -0.25) is 9.59 Å². The number of halogens is 2. The van der Waals surface area contributed by atoms with Crippen molar-refractivity contribution in [3.05, 3.63) is 74.1 Å². The molecule has 1 fully saturated rings. The first-order valence-electron chi connectivity index (χ1n) is 11.5. The zero-order valence-electron chi connectivity index (χ0n) is 20.0. The number of nitrogens with zero attached hydrogens (tertiary/aromatic N) is 3. The maximum Gasteiger partial charge on any atom is 0.332 e. The third-order valence-corrected chi connectivity index (χ3v) is 8.70. The minimum absolute atomic E-state index is 0.108. The van der Waals surface area contributed by atoms with Gasteiger partial charge in [0.2, 0.25) is 5.91 Å². The van der Waals surface area contributed by atoms with Crippen LogP contribution in [0.3, 0.4) is 0 Å². The number of benzene rings is 2. The molecule has 2 aromatic carbocycles. The van der Waals surface area contributed by atoms with Crippen LogP contribution >= 0.6 is 35.0 Å². The van der Waals surface area contributed by atoms with E-state index in [0.717, 1.165) is 16.0 Å². The summed E-state index contributed by atoms with van der Waals surface area (Å²) in [6.45, 7) is 9.11. The molecule has 0 spiro atoms. The average Bonchev–Trinajstić information content (AvgIpc) is 3.18. The van der Waals surface area contributed by atoms with E-state index in [0.29, 0.717) is 40.8 Å². The van der Waals surface area contributed by atoms with Crippen molar-refractivity contribution in [3.63, 3.8) is 0 Å². The zero-order valence-corrected chi connectivity index (χ0v) is 22.4. The summed E-state index contributed by atoms with van der Waals surface area (Å²) in [5.74, 6) is -1.12. The Kier molecular flexibility index (Phi) is 7.50. The summed E-state index contributed by atoms with van der Waals surface area (Å²) >= 11 is 13.6. The van der Waals surface area contributed by atoms with Crippen molar-refractivity contribution in [2.24, 2.45) is 5.92 Å². The summed E-state index contributed by atoms with van der Waals surface area (Å²) in [6.07, 6.45) is 0. The highest BCUT2D eigenvalue weighted by Crippen LogP contribution is 2.49. The molecule has 2 heterocycles.